The molecule has 0 aliphatic heterocycles. The number of benzene rings is 2. The fourth-order valence-corrected chi connectivity index (χ4v) is 2.44. The van der Waals surface area contributed by atoms with E-state index in [1.54, 1.807) is 18.3 Å². The largest absolute Gasteiger partial charge is 0.361 e. The number of nitriles is 1. The first kappa shape index (κ1) is 14.6. The minimum atomic E-state index is -0.414. The number of nitrogens with zero attached hydrogens (tertiary/aromatic N) is 1. The van der Waals surface area contributed by atoms with E-state index in [2.05, 4.69) is 10.3 Å². The lowest BCUT2D eigenvalue weighted by Crippen LogP contribution is -2.13. The number of aryl methyl sites for hydroxylation is 1. The number of aromatic nitrogens is 1. The summed E-state index contributed by atoms with van der Waals surface area (Å²) in [6.07, 6.45) is 3.39. The van der Waals surface area contributed by atoms with Gasteiger partial charge in [-0.25, -0.2) is 0 Å². The summed E-state index contributed by atoms with van der Waals surface area (Å²) in [5, 5.41) is 13.0. The standard InChI is InChI=1S/C19H15N3O/c1-13-5-4-6-16(9-13)22-19(23)14(11-20)10-15-12-21-18-8-3-2-7-17(15)18/h2-10,12,21H,1H3,(H,22,23)/b14-10+. The van der Waals surface area contributed by atoms with Gasteiger partial charge in [-0.2, -0.15) is 5.26 Å². The lowest BCUT2D eigenvalue weighted by Gasteiger charge is -2.05. The maximum Gasteiger partial charge on any atom is 0.266 e. The van der Waals surface area contributed by atoms with Crippen LogP contribution in [0, 0.1) is 18.3 Å². The van der Waals surface area contributed by atoms with E-state index >= 15 is 0 Å². The molecule has 0 radical (unpaired) electrons. The second kappa shape index (κ2) is 6.20. The molecule has 0 saturated carbocycles. The second-order valence-corrected chi connectivity index (χ2v) is 5.28. The molecule has 0 fully saturated rings. The number of carbonyl (C=O) groups is 1. The van der Waals surface area contributed by atoms with Gasteiger partial charge in [-0.05, 0) is 36.8 Å². The van der Waals surface area contributed by atoms with E-state index in [1.807, 2.05) is 55.5 Å². The van der Waals surface area contributed by atoms with Crippen LogP contribution >= 0.6 is 0 Å². The van der Waals surface area contributed by atoms with Crippen molar-refractivity contribution >= 4 is 28.6 Å². The van der Waals surface area contributed by atoms with Crippen molar-refractivity contribution in [2.75, 3.05) is 5.32 Å². The first-order chi connectivity index (χ1) is 11.2. The third-order valence-corrected chi connectivity index (χ3v) is 3.56. The zero-order chi connectivity index (χ0) is 16.2. The minimum absolute atomic E-state index is 0.0660. The molecule has 0 aliphatic carbocycles. The van der Waals surface area contributed by atoms with Crippen LogP contribution in [0.25, 0.3) is 17.0 Å². The van der Waals surface area contributed by atoms with Crippen molar-refractivity contribution in [2.24, 2.45) is 0 Å². The highest BCUT2D eigenvalue weighted by atomic mass is 16.1. The van der Waals surface area contributed by atoms with Crippen LogP contribution in [0.4, 0.5) is 5.69 Å². The molecule has 0 aliphatic rings. The van der Waals surface area contributed by atoms with E-state index in [4.69, 9.17) is 0 Å². The van der Waals surface area contributed by atoms with Gasteiger partial charge in [0.25, 0.3) is 5.91 Å². The van der Waals surface area contributed by atoms with E-state index in [-0.39, 0.29) is 5.57 Å². The summed E-state index contributed by atoms with van der Waals surface area (Å²) in [7, 11) is 0. The normalized spacial score (nSPS) is 11.2. The predicted octanol–water partition coefficient (Wildman–Crippen LogP) is 4.02. The molecule has 3 aromatic rings. The van der Waals surface area contributed by atoms with E-state index in [9.17, 15) is 10.1 Å². The summed E-state index contributed by atoms with van der Waals surface area (Å²) in [6.45, 7) is 1.95. The summed E-state index contributed by atoms with van der Waals surface area (Å²) in [4.78, 5) is 15.4. The van der Waals surface area contributed by atoms with Gasteiger partial charge < -0.3 is 10.3 Å². The fourth-order valence-electron chi connectivity index (χ4n) is 2.44. The molecule has 4 heteroatoms. The van der Waals surface area contributed by atoms with Gasteiger partial charge in [0.15, 0.2) is 0 Å². The number of hydrogen-bond acceptors (Lipinski definition) is 2. The van der Waals surface area contributed by atoms with Crippen molar-refractivity contribution in [3.05, 3.63) is 71.4 Å². The highest BCUT2D eigenvalue weighted by Gasteiger charge is 2.11. The van der Waals surface area contributed by atoms with Crippen molar-refractivity contribution in [1.82, 2.24) is 4.98 Å². The lowest BCUT2D eigenvalue weighted by molar-refractivity contribution is -0.112. The SMILES string of the molecule is Cc1cccc(NC(=O)/C(C#N)=C/c2c[nH]c3ccccc23)c1. The van der Waals surface area contributed by atoms with E-state index in [0.717, 1.165) is 22.0 Å². The molecule has 23 heavy (non-hydrogen) atoms. The van der Waals surface area contributed by atoms with Gasteiger partial charge in [0.2, 0.25) is 0 Å². The average Bonchev–Trinajstić information content (AvgIpc) is 2.95. The topological polar surface area (TPSA) is 68.7 Å². The van der Waals surface area contributed by atoms with Crippen LogP contribution in [-0.2, 0) is 4.79 Å². The van der Waals surface area contributed by atoms with Gasteiger partial charge in [-0.1, -0.05) is 30.3 Å². The van der Waals surface area contributed by atoms with Crippen molar-refractivity contribution in [1.29, 1.82) is 5.26 Å². The third-order valence-electron chi connectivity index (χ3n) is 3.56. The highest BCUT2D eigenvalue weighted by molar-refractivity contribution is 6.10. The molecule has 0 saturated heterocycles. The Labute approximate surface area is 134 Å². The zero-order valence-corrected chi connectivity index (χ0v) is 12.6. The quantitative estimate of drug-likeness (QED) is 0.566. The number of hydrogen-bond donors (Lipinski definition) is 2. The predicted molar refractivity (Wildman–Crippen MR) is 91.7 cm³/mol. The zero-order valence-electron chi connectivity index (χ0n) is 12.6. The molecule has 1 heterocycles. The van der Waals surface area contributed by atoms with E-state index < -0.39 is 5.91 Å². The molecule has 0 atom stereocenters. The Morgan fingerprint density at radius 2 is 2.04 bits per heavy atom. The van der Waals surface area contributed by atoms with Crippen molar-refractivity contribution in [3.63, 3.8) is 0 Å². The minimum Gasteiger partial charge on any atom is -0.361 e. The molecule has 2 aromatic carbocycles. The number of aromatic amines is 1. The number of fused-ring (bicyclic) bond motifs is 1. The van der Waals surface area contributed by atoms with Gasteiger partial charge in [-0.15, -0.1) is 0 Å². The summed E-state index contributed by atoms with van der Waals surface area (Å²) < 4.78 is 0. The number of anilines is 1. The van der Waals surface area contributed by atoms with Crippen molar-refractivity contribution in [3.8, 4) is 6.07 Å². The number of para-hydroxylation sites is 1. The molecule has 1 amide bonds. The Bertz CT molecular complexity index is 944. The number of carbonyl (C=O) groups excluding carboxylic acids is 1. The molecule has 4 nitrogen and oxygen atoms in total. The molecule has 112 valence electrons. The third kappa shape index (κ3) is 3.14. The first-order valence-electron chi connectivity index (χ1n) is 7.23. The molecule has 0 spiro atoms. The van der Waals surface area contributed by atoms with Gasteiger partial charge >= 0.3 is 0 Å². The maximum atomic E-state index is 12.3. The summed E-state index contributed by atoms with van der Waals surface area (Å²) in [5.74, 6) is -0.414. The molecule has 1 aromatic heterocycles. The molecule has 0 unspecified atom stereocenters. The molecular weight excluding hydrogens is 286 g/mol. The van der Waals surface area contributed by atoms with Crippen LogP contribution in [0.5, 0.6) is 0 Å². The van der Waals surface area contributed by atoms with Crippen LogP contribution in [0.3, 0.4) is 0 Å². The van der Waals surface area contributed by atoms with Crippen molar-refractivity contribution < 1.29 is 4.79 Å². The van der Waals surface area contributed by atoms with Gasteiger partial charge in [0, 0.05) is 28.4 Å². The molecule has 3 rings (SSSR count). The summed E-state index contributed by atoms with van der Waals surface area (Å²) in [6, 6.07) is 17.2. The number of H-pyrrole nitrogens is 1. The Morgan fingerprint density at radius 3 is 2.83 bits per heavy atom. The van der Waals surface area contributed by atoms with Gasteiger partial charge in [0.05, 0.1) is 0 Å². The Morgan fingerprint density at radius 1 is 1.22 bits per heavy atom. The average molecular weight is 301 g/mol. The number of amides is 1. The molecular formula is C19H15N3O. The molecule has 0 bridgehead atoms. The maximum absolute atomic E-state index is 12.3. The Kier molecular flexibility index (Phi) is 3.94. The van der Waals surface area contributed by atoms with Crippen LogP contribution in [0.15, 0.2) is 60.3 Å². The van der Waals surface area contributed by atoms with Crippen LogP contribution in [0.2, 0.25) is 0 Å². The number of rotatable bonds is 3. The molecule has 2 N–H and O–H groups in total. The highest BCUT2D eigenvalue weighted by Crippen LogP contribution is 2.20. The first-order valence-corrected chi connectivity index (χ1v) is 7.23. The summed E-state index contributed by atoms with van der Waals surface area (Å²) >= 11 is 0. The van der Waals surface area contributed by atoms with Crippen LogP contribution in [0.1, 0.15) is 11.1 Å². The Hall–Kier alpha value is -3.32. The smallest absolute Gasteiger partial charge is 0.266 e. The monoisotopic (exact) mass is 301 g/mol. The fraction of sp³-hybridized carbons (Fsp3) is 0.0526. The van der Waals surface area contributed by atoms with Crippen molar-refractivity contribution in [2.45, 2.75) is 6.92 Å². The van der Waals surface area contributed by atoms with Crippen LogP contribution in [-0.4, -0.2) is 10.9 Å². The number of nitrogens with one attached hydrogen (secondary N) is 2. The second-order valence-electron chi connectivity index (χ2n) is 5.28. The Balaban J connectivity index is 1.90. The summed E-state index contributed by atoms with van der Waals surface area (Å²) in [5.41, 5.74) is 3.57. The lowest BCUT2D eigenvalue weighted by atomic mass is 10.1. The van der Waals surface area contributed by atoms with Gasteiger partial charge in [0.1, 0.15) is 11.6 Å². The van der Waals surface area contributed by atoms with Crippen LogP contribution < -0.4 is 5.32 Å². The van der Waals surface area contributed by atoms with Gasteiger partial charge in [-0.3, -0.25) is 4.79 Å². The van der Waals surface area contributed by atoms with E-state index in [1.165, 1.54) is 0 Å². The van der Waals surface area contributed by atoms with E-state index in [0.29, 0.717) is 5.69 Å².